The Balaban J connectivity index is 0.000000125. The molecule has 3 heteroatoms. The molecule has 0 amide bonds. The van der Waals surface area contributed by atoms with E-state index < -0.39 is 0 Å². The second-order valence-corrected chi connectivity index (χ2v) is 6.96. The Morgan fingerprint density at radius 2 is 1.14 bits per heavy atom. The molecule has 4 aromatic carbocycles. The summed E-state index contributed by atoms with van der Waals surface area (Å²) in [4.78, 5) is 18.3. The Kier molecular flexibility index (Phi) is 4.26. The van der Waals surface area contributed by atoms with Crippen molar-refractivity contribution in [3.05, 3.63) is 114 Å². The van der Waals surface area contributed by atoms with Gasteiger partial charge in [-0.3, -0.25) is 9.78 Å². The van der Waals surface area contributed by atoms with Gasteiger partial charge in [0.25, 0.3) is 0 Å². The average molecular weight is 374 g/mol. The average Bonchev–Trinajstić information content (AvgIpc) is 2.79. The number of pyridine rings is 2. The van der Waals surface area contributed by atoms with Gasteiger partial charge < -0.3 is 4.98 Å². The second kappa shape index (κ2) is 7.21. The first kappa shape index (κ1) is 17.1. The smallest absolute Gasteiger partial charge is 0.248 e. The van der Waals surface area contributed by atoms with E-state index in [-0.39, 0.29) is 5.56 Å². The largest absolute Gasteiger partial charge is 0.321 e. The van der Waals surface area contributed by atoms with Crippen LogP contribution in [0.25, 0.3) is 43.2 Å². The molecule has 0 aliphatic rings. The Bertz CT molecular complexity index is 1480. The molecular formula is C26H18N2O. The number of benzene rings is 4. The standard InChI is InChI=1S/C13H9NO.C13H9N/c15-12-8-7-10-6-5-9-3-1-2-4-11(9)13(10)14-12;1-2-4-12-10(3-1)5-6-11-7-8-14-9-13(11)12/h1-8H,(H,14,15);1-9H. The first-order valence-electron chi connectivity index (χ1n) is 9.52. The number of nitrogens with zero attached hydrogens (tertiary/aromatic N) is 1. The van der Waals surface area contributed by atoms with E-state index >= 15 is 0 Å². The number of nitrogens with one attached hydrogen (secondary N) is 1. The van der Waals surface area contributed by atoms with E-state index in [1.807, 2.05) is 54.9 Å². The number of aromatic nitrogens is 2. The molecule has 2 aromatic heterocycles. The summed E-state index contributed by atoms with van der Waals surface area (Å²) >= 11 is 0. The first-order chi connectivity index (χ1) is 14.3. The number of fused-ring (bicyclic) bond motifs is 6. The second-order valence-electron chi connectivity index (χ2n) is 6.96. The molecule has 0 spiro atoms. The molecule has 0 aliphatic carbocycles. The topological polar surface area (TPSA) is 45.8 Å². The van der Waals surface area contributed by atoms with Crippen molar-refractivity contribution in [3.63, 3.8) is 0 Å². The predicted molar refractivity (Wildman–Crippen MR) is 121 cm³/mol. The van der Waals surface area contributed by atoms with E-state index in [0.717, 1.165) is 21.7 Å². The molecule has 0 aliphatic heterocycles. The van der Waals surface area contributed by atoms with Crippen LogP contribution in [0.15, 0.2) is 108 Å². The first-order valence-corrected chi connectivity index (χ1v) is 9.52. The van der Waals surface area contributed by atoms with Crippen molar-refractivity contribution < 1.29 is 0 Å². The van der Waals surface area contributed by atoms with Crippen LogP contribution >= 0.6 is 0 Å². The lowest BCUT2D eigenvalue weighted by Crippen LogP contribution is -2.02. The zero-order valence-corrected chi connectivity index (χ0v) is 15.7. The Morgan fingerprint density at radius 3 is 1.93 bits per heavy atom. The van der Waals surface area contributed by atoms with E-state index in [4.69, 9.17) is 0 Å². The quantitative estimate of drug-likeness (QED) is 0.328. The van der Waals surface area contributed by atoms with Gasteiger partial charge >= 0.3 is 0 Å². The van der Waals surface area contributed by atoms with Gasteiger partial charge in [-0.2, -0.15) is 0 Å². The highest BCUT2D eigenvalue weighted by Crippen LogP contribution is 2.24. The van der Waals surface area contributed by atoms with Crippen LogP contribution < -0.4 is 5.56 Å². The third kappa shape index (κ3) is 3.23. The van der Waals surface area contributed by atoms with Crippen LogP contribution in [0, 0.1) is 0 Å². The lowest BCUT2D eigenvalue weighted by Gasteiger charge is -2.02. The Hall–Kier alpha value is -3.98. The van der Waals surface area contributed by atoms with Crippen LogP contribution in [0.1, 0.15) is 0 Å². The maximum absolute atomic E-state index is 11.3. The van der Waals surface area contributed by atoms with Gasteiger partial charge in [-0.15, -0.1) is 0 Å². The molecule has 2 heterocycles. The van der Waals surface area contributed by atoms with E-state index in [0.29, 0.717) is 0 Å². The lowest BCUT2D eigenvalue weighted by atomic mass is 10.0. The molecule has 6 rings (SSSR count). The fourth-order valence-corrected chi connectivity index (χ4v) is 3.74. The van der Waals surface area contributed by atoms with Gasteiger partial charge in [0.1, 0.15) is 0 Å². The van der Waals surface area contributed by atoms with E-state index in [9.17, 15) is 4.79 Å². The molecule has 0 atom stereocenters. The Labute approximate surface area is 167 Å². The lowest BCUT2D eigenvalue weighted by molar-refractivity contribution is 1.32. The Morgan fingerprint density at radius 1 is 0.552 bits per heavy atom. The molecule has 138 valence electrons. The molecule has 0 saturated heterocycles. The number of hydrogen-bond acceptors (Lipinski definition) is 2. The van der Waals surface area contributed by atoms with Crippen LogP contribution in [0.5, 0.6) is 0 Å². The minimum atomic E-state index is -0.0566. The molecule has 0 unspecified atom stereocenters. The maximum Gasteiger partial charge on any atom is 0.248 e. The van der Waals surface area contributed by atoms with Crippen molar-refractivity contribution in [3.8, 4) is 0 Å². The van der Waals surface area contributed by atoms with E-state index in [1.54, 1.807) is 6.07 Å². The van der Waals surface area contributed by atoms with Crippen LogP contribution in [-0.2, 0) is 0 Å². The molecule has 0 bridgehead atoms. The summed E-state index contributed by atoms with van der Waals surface area (Å²) < 4.78 is 0. The number of rotatable bonds is 0. The molecule has 29 heavy (non-hydrogen) atoms. The summed E-state index contributed by atoms with van der Waals surface area (Å²) in [6, 6.07) is 30.2. The van der Waals surface area contributed by atoms with Gasteiger partial charge in [0.05, 0.1) is 5.52 Å². The van der Waals surface area contributed by atoms with Gasteiger partial charge in [0, 0.05) is 29.2 Å². The number of aromatic amines is 1. The van der Waals surface area contributed by atoms with Crippen molar-refractivity contribution in [1.82, 2.24) is 9.97 Å². The minimum Gasteiger partial charge on any atom is -0.321 e. The van der Waals surface area contributed by atoms with Crippen molar-refractivity contribution in [1.29, 1.82) is 0 Å². The summed E-state index contributed by atoms with van der Waals surface area (Å²) in [5.74, 6) is 0. The van der Waals surface area contributed by atoms with Gasteiger partial charge in [-0.1, -0.05) is 72.8 Å². The highest BCUT2D eigenvalue weighted by molar-refractivity contribution is 6.07. The van der Waals surface area contributed by atoms with Crippen molar-refractivity contribution in [2.24, 2.45) is 0 Å². The summed E-state index contributed by atoms with van der Waals surface area (Å²) in [5, 5.41) is 8.32. The summed E-state index contributed by atoms with van der Waals surface area (Å²) in [6.07, 6.45) is 3.76. The molecular weight excluding hydrogens is 356 g/mol. The maximum atomic E-state index is 11.3. The highest BCUT2D eigenvalue weighted by Gasteiger charge is 2.00. The van der Waals surface area contributed by atoms with Crippen LogP contribution in [0.3, 0.4) is 0 Å². The zero-order valence-electron chi connectivity index (χ0n) is 15.7. The minimum absolute atomic E-state index is 0.0566. The number of H-pyrrole nitrogens is 1. The molecule has 0 fully saturated rings. The van der Waals surface area contributed by atoms with Gasteiger partial charge in [-0.05, 0) is 39.1 Å². The van der Waals surface area contributed by atoms with Gasteiger partial charge in [-0.25, -0.2) is 0 Å². The fourth-order valence-electron chi connectivity index (χ4n) is 3.74. The molecule has 3 nitrogen and oxygen atoms in total. The molecule has 0 saturated carbocycles. The van der Waals surface area contributed by atoms with E-state index in [1.165, 1.54) is 21.5 Å². The summed E-state index contributed by atoms with van der Waals surface area (Å²) in [5.41, 5.74) is 0.861. The summed E-state index contributed by atoms with van der Waals surface area (Å²) in [7, 11) is 0. The monoisotopic (exact) mass is 374 g/mol. The van der Waals surface area contributed by atoms with Crippen LogP contribution in [0.4, 0.5) is 0 Å². The van der Waals surface area contributed by atoms with Gasteiger partial charge in [0.2, 0.25) is 5.56 Å². The molecule has 0 radical (unpaired) electrons. The fraction of sp³-hybridized carbons (Fsp3) is 0. The number of hydrogen-bond donors (Lipinski definition) is 1. The molecule has 1 N–H and O–H groups in total. The van der Waals surface area contributed by atoms with Crippen LogP contribution in [0.2, 0.25) is 0 Å². The predicted octanol–water partition coefficient (Wildman–Crippen LogP) is 6.07. The third-order valence-electron chi connectivity index (χ3n) is 5.17. The van der Waals surface area contributed by atoms with Crippen molar-refractivity contribution in [2.75, 3.05) is 0 Å². The summed E-state index contributed by atoms with van der Waals surface area (Å²) in [6.45, 7) is 0. The van der Waals surface area contributed by atoms with Crippen molar-refractivity contribution >= 4 is 43.2 Å². The van der Waals surface area contributed by atoms with Crippen molar-refractivity contribution in [2.45, 2.75) is 0 Å². The highest BCUT2D eigenvalue weighted by atomic mass is 16.1. The van der Waals surface area contributed by atoms with Crippen LogP contribution in [-0.4, -0.2) is 9.97 Å². The SMILES string of the molecule is O=c1ccc2ccc3ccccc3c2[nH]1.c1ccc2c(c1)ccc1ccncc12. The normalized spacial score (nSPS) is 10.9. The van der Waals surface area contributed by atoms with E-state index in [2.05, 4.69) is 52.4 Å². The van der Waals surface area contributed by atoms with Gasteiger partial charge in [0.15, 0.2) is 0 Å². The zero-order chi connectivity index (χ0) is 19.6. The molecule has 6 aromatic rings. The third-order valence-corrected chi connectivity index (χ3v) is 5.17.